The second-order valence-electron chi connectivity index (χ2n) is 6.31. The second kappa shape index (κ2) is 8.82. The first-order chi connectivity index (χ1) is 11.8. The van der Waals surface area contributed by atoms with Gasteiger partial charge in [0.2, 0.25) is 17.7 Å². The summed E-state index contributed by atoms with van der Waals surface area (Å²) >= 11 is 5.80. The van der Waals surface area contributed by atoms with Gasteiger partial charge in [-0.3, -0.25) is 19.3 Å². The number of nitrogens with two attached hydrogens (primary N) is 1. The van der Waals surface area contributed by atoms with E-state index in [1.165, 1.54) is 0 Å². The van der Waals surface area contributed by atoms with E-state index in [1.54, 1.807) is 41.1 Å². The molecule has 1 aliphatic rings. The van der Waals surface area contributed by atoms with Crippen LogP contribution in [0.5, 0.6) is 0 Å². The maximum absolute atomic E-state index is 12.3. The van der Waals surface area contributed by atoms with Crippen LogP contribution in [0, 0.1) is 5.92 Å². The number of hydrogen-bond donors (Lipinski definition) is 2. The Balaban J connectivity index is 1.79. The molecule has 7 nitrogen and oxygen atoms in total. The third-order valence-electron chi connectivity index (χ3n) is 4.12. The summed E-state index contributed by atoms with van der Waals surface area (Å²) in [5.41, 5.74) is 5.98. The van der Waals surface area contributed by atoms with E-state index in [0.717, 1.165) is 12.8 Å². The first-order valence-electron chi connectivity index (χ1n) is 8.16. The predicted octanol–water partition coefficient (Wildman–Crippen LogP) is 0.934. The molecule has 1 fully saturated rings. The van der Waals surface area contributed by atoms with Gasteiger partial charge in [0, 0.05) is 23.8 Å². The van der Waals surface area contributed by atoms with Gasteiger partial charge in [0.1, 0.15) is 0 Å². The number of carbonyl (C=O) groups excluding carboxylic acids is 3. The van der Waals surface area contributed by atoms with Crippen LogP contribution in [0.25, 0.3) is 0 Å². The van der Waals surface area contributed by atoms with E-state index in [0.29, 0.717) is 23.8 Å². The number of amides is 3. The molecule has 2 rings (SSSR count). The van der Waals surface area contributed by atoms with Crippen molar-refractivity contribution in [2.24, 2.45) is 11.7 Å². The Morgan fingerprint density at radius 1 is 1.28 bits per heavy atom. The largest absolute Gasteiger partial charge is 0.369 e. The van der Waals surface area contributed by atoms with Crippen LogP contribution in [-0.2, 0) is 14.4 Å². The smallest absolute Gasteiger partial charge is 0.238 e. The van der Waals surface area contributed by atoms with Crippen LogP contribution >= 0.6 is 11.6 Å². The standard InChI is InChI=1S/C17H23ClN4O3/c1-21(10-15(23)20-14-6-4-13(18)5-7-14)11-16(24)22-8-2-3-12(9-22)17(19)25/h4-7,12H,2-3,8-11H2,1H3,(H2,19,25)(H,20,23)/t12-/m1/s1. The monoisotopic (exact) mass is 366 g/mol. The van der Waals surface area contributed by atoms with Gasteiger partial charge < -0.3 is 16.0 Å². The van der Waals surface area contributed by atoms with Crippen molar-refractivity contribution >= 4 is 35.0 Å². The average Bonchev–Trinajstić information content (AvgIpc) is 2.56. The Morgan fingerprint density at radius 3 is 2.60 bits per heavy atom. The summed E-state index contributed by atoms with van der Waals surface area (Å²) < 4.78 is 0. The van der Waals surface area contributed by atoms with E-state index < -0.39 is 0 Å². The number of halogens is 1. The number of nitrogens with zero attached hydrogens (tertiary/aromatic N) is 2. The number of primary amides is 1. The molecular formula is C17H23ClN4O3. The van der Waals surface area contributed by atoms with Gasteiger partial charge in [-0.05, 0) is 44.2 Å². The van der Waals surface area contributed by atoms with Gasteiger partial charge in [-0.1, -0.05) is 11.6 Å². The van der Waals surface area contributed by atoms with Crippen molar-refractivity contribution in [2.45, 2.75) is 12.8 Å². The molecule has 1 atom stereocenters. The van der Waals surface area contributed by atoms with Crippen LogP contribution in [0.4, 0.5) is 5.69 Å². The van der Waals surface area contributed by atoms with E-state index >= 15 is 0 Å². The average molecular weight is 367 g/mol. The fourth-order valence-electron chi connectivity index (χ4n) is 2.80. The van der Waals surface area contributed by atoms with Crippen LogP contribution in [0.2, 0.25) is 5.02 Å². The minimum absolute atomic E-state index is 0.0848. The Morgan fingerprint density at radius 2 is 1.96 bits per heavy atom. The summed E-state index contributed by atoms with van der Waals surface area (Å²) in [6, 6.07) is 6.80. The molecule has 0 bridgehead atoms. The number of rotatable bonds is 6. The molecule has 3 amide bonds. The van der Waals surface area contributed by atoms with E-state index in [2.05, 4.69) is 5.32 Å². The van der Waals surface area contributed by atoms with Crippen molar-refractivity contribution in [1.29, 1.82) is 0 Å². The highest BCUT2D eigenvalue weighted by Gasteiger charge is 2.27. The van der Waals surface area contributed by atoms with Crippen LogP contribution in [-0.4, -0.2) is 60.7 Å². The third-order valence-corrected chi connectivity index (χ3v) is 4.38. The molecule has 0 spiro atoms. The Kier molecular flexibility index (Phi) is 6.78. The highest BCUT2D eigenvalue weighted by atomic mass is 35.5. The Hall–Kier alpha value is -2.12. The molecule has 3 N–H and O–H groups in total. The third kappa shape index (κ3) is 6.03. The summed E-state index contributed by atoms with van der Waals surface area (Å²) in [7, 11) is 1.70. The number of anilines is 1. The minimum Gasteiger partial charge on any atom is -0.369 e. The van der Waals surface area contributed by atoms with Crippen LogP contribution < -0.4 is 11.1 Å². The normalized spacial score (nSPS) is 17.4. The van der Waals surface area contributed by atoms with Gasteiger partial charge in [-0.25, -0.2) is 0 Å². The van der Waals surface area contributed by atoms with Crippen molar-refractivity contribution in [3.05, 3.63) is 29.3 Å². The first kappa shape index (κ1) is 19.2. The Bertz CT molecular complexity index is 635. The van der Waals surface area contributed by atoms with E-state index in [1.807, 2.05) is 0 Å². The number of carbonyl (C=O) groups is 3. The molecule has 8 heteroatoms. The van der Waals surface area contributed by atoms with Crippen LogP contribution in [0.3, 0.4) is 0 Å². The lowest BCUT2D eigenvalue weighted by Crippen LogP contribution is -2.47. The minimum atomic E-state index is -0.367. The lowest BCUT2D eigenvalue weighted by atomic mass is 9.97. The lowest BCUT2D eigenvalue weighted by molar-refractivity contribution is -0.135. The lowest BCUT2D eigenvalue weighted by Gasteiger charge is -2.32. The number of nitrogens with one attached hydrogen (secondary N) is 1. The summed E-state index contributed by atoms with van der Waals surface area (Å²) in [5.74, 6) is -0.969. The van der Waals surface area contributed by atoms with Gasteiger partial charge in [-0.15, -0.1) is 0 Å². The molecular weight excluding hydrogens is 344 g/mol. The zero-order valence-electron chi connectivity index (χ0n) is 14.2. The molecule has 0 radical (unpaired) electrons. The number of likely N-dealkylation sites (N-methyl/N-ethyl adjacent to an activating group) is 1. The quantitative estimate of drug-likeness (QED) is 0.783. The maximum Gasteiger partial charge on any atom is 0.238 e. The van der Waals surface area contributed by atoms with Crippen LogP contribution in [0.15, 0.2) is 24.3 Å². The summed E-state index contributed by atoms with van der Waals surface area (Å²) in [4.78, 5) is 39.0. The molecule has 0 aliphatic carbocycles. The fourth-order valence-corrected chi connectivity index (χ4v) is 2.93. The highest BCUT2D eigenvalue weighted by Crippen LogP contribution is 2.16. The second-order valence-corrected chi connectivity index (χ2v) is 6.75. The SMILES string of the molecule is CN(CC(=O)Nc1ccc(Cl)cc1)CC(=O)N1CCC[C@@H](C(N)=O)C1. The van der Waals surface area contributed by atoms with E-state index in [4.69, 9.17) is 17.3 Å². The molecule has 136 valence electrons. The maximum atomic E-state index is 12.3. The predicted molar refractivity (Wildman–Crippen MR) is 96.1 cm³/mol. The molecule has 25 heavy (non-hydrogen) atoms. The van der Waals surface area contributed by atoms with Gasteiger partial charge >= 0.3 is 0 Å². The molecule has 1 aromatic carbocycles. The van der Waals surface area contributed by atoms with Crippen LogP contribution in [0.1, 0.15) is 12.8 Å². The summed E-state index contributed by atoms with van der Waals surface area (Å²) in [6.45, 7) is 1.17. The van der Waals surface area contributed by atoms with Crippen molar-refractivity contribution in [1.82, 2.24) is 9.80 Å². The molecule has 0 aromatic heterocycles. The topological polar surface area (TPSA) is 95.7 Å². The van der Waals surface area contributed by atoms with Crippen molar-refractivity contribution in [3.8, 4) is 0 Å². The Labute approximate surface area is 152 Å². The molecule has 1 aromatic rings. The first-order valence-corrected chi connectivity index (χ1v) is 8.54. The zero-order valence-corrected chi connectivity index (χ0v) is 15.0. The molecule has 1 aliphatic heterocycles. The number of hydrogen-bond acceptors (Lipinski definition) is 4. The van der Waals surface area contributed by atoms with Crippen molar-refractivity contribution < 1.29 is 14.4 Å². The zero-order chi connectivity index (χ0) is 18.4. The fraction of sp³-hybridized carbons (Fsp3) is 0.471. The summed E-state index contributed by atoms with van der Waals surface area (Å²) in [5, 5.41) is 3.34. The molecule has 0 saturated carbocycles. The van der Waals surface area contributed by atoms with Gasteiger partial charge in [-0.2, -0.15) is 0 Å². The molecule has 1 heterocycles. The number of benzene rings is 1. The highest BCUT2D eigenvalue weighted by molar-refractivity contribution is 6.30. The van der Waals surface area contributed by atoms with Crippen molar-refractivity contribution in [2.75, 3.05) is 38.5 Å². The van der Waals surface area contributed by atoms with Gasteiger partial charge in [0.25, 0.3) is 0 Å². The van der Waals surface area contributed by atoms with E-state index in [9.17, 15) is 14.4 Å². The number of piperidine rings is 1. The summed E-state index contributed by atoms with van der Waals surface area (Å²) in [6.07, 6.45) is 1.48. The van der Waals surface area contributed by atoms with Crippen molar-refractivity contribution in [3.63, 3.8) is 0 Å². The molecule has 0 unspecified atom stereocenters. The van der Waals surface area contributed by atoms with Gasteiger partial charge in [0.05, 0.1) is 19.0 Å². The van der Waals surface area contributed by atoms with E-state index in [-0.39, 0.29) is 36.7 Å². The van der Waals surface area contributed by atoms with Gasteiger partial charge in [0.15, 0.2) is 0 Å². The number of likely N-dealkylation sites (tertiary alicyclic amines) is 1. The molecule has 1 saturated heterocycles.